The van der Waals surface area contributed by atoms with Crippen molar-refractivity contribution in [2.75, 3.05) is 19.7 Å². The maximum absolute atomic E-state index is 10.9. The van der Waals surface area contributed by atoms with E-state index in [4.69, 9.17) is 9.84 Å². The Kier molecular flexibility index (Phi) is 3.62. The summed E-state index contributed by atoms with van der Waals surface area (Å²) in [6.07, 6.45) is 1.31. The number of ether oxygens (including phenoxy) is 1. The molecule has 2 rings (SSSR count). The molecule has 0 saturated heterocycles. The number of nitrogens with zero attached hydrogens (tertiary/aromatic N) is 4. The third-order valence-electron chi connectivity index (χ3n) is 3.25. The van der Waals surface area contributed by atoms with E-state index in [1.807, 2.05) is 13.8 Å². The highest BCUT2D eigenvalue weighted by Crippen LogP contribution is 2.25. The lowest BCUT2D eigenvalue weighted by Crippen LogP contribution is -2.51. The van der Waals surface area contributed by atoms with Gasteiger partial charge in [0.1, 0.15) is 12.8 Å². The van der Waals surface area contributed by atoms with Crippen LogP contribution in [0.5, 0.6) is 6.01 Å². The molecule has 9 nitrogen and oxygen atoms in total. The number of carboxylic acids is 1. The van der Waals surface area contributed by atoms with Gasteiger partial charge in [0, 0.05) is 23.6 Å². The van der Waals surface area contributed by atoms with Gasteiger partial charge in [0.2, 0.25) is 0 Å². The van der Waals surface area contributed by atoms with Crippen LogP contribution >= 0.6 is 0 Å². The molecule has 0 radical (unpaired) electrons. The maximum Gasteiger partial charge on any atom is 0.414 e. The molecule has 0 bridgehead atoms. The van der Waals surface area contributed by atoms with Crippen molar-refractivity contribution in [3.63, 3.8) is 0 Å². The predicted octanol–water partition coefficient (Wildman–Crippen LogP) is 0.349. The molecule has 0 atom stereocenters. The average Bonchev–Trinajstić information content (AvgIpc) is 2.68. The minimum atomic E-state index is -0.921. The Morgan fingerprint density at radius 3 is 2.95 bits per heavy atom. The van der Waals surface area contributed by atoms with Gasteiger partial charge in [-0.05, 0) is 18.8 Å². The molecule has 0 fully saturated rings. The lowest BCUT2D eigenvalue weighted by atomic mass is 10.0. The standard InChI is InChI=1S/C11H16N4O5/c1-11(2)7-13-5-8(15(18)19)12-10(13)20-4-3-14(11)6-9(16)17/h5H,3-4,6-7H2,1-2H3,(H,16,17). The molecule has 0 amide bonds. The number of aliphatic carboxylic acids is 1. The number of fused-ring (bicyclic) bond motifs is 1. The van der Waals surface area contributed by atoms with E-state index >= 15 is 0 Å². The molecule has 0 unspecified atom stereocenters. The Morgan fingerprint density at radius 2 is 2.35 bits per heavy atom. The van der Waals surface area contributed by atoms with Crippen LogP contribution in [0, 0.1) is 10.1 Å². The van der Waals surface area contributed by atoms with Gasteiger partial charge in [-0.25, -0.2) is 0 Å². The smallest absolute Gasteiger partial charge is 0.414 e. The number of aromatic nitrogens is 2. The first kappa shape index (κ1) is 14.3. The summed E-state index contributed by atoms with van der Waals surface area (Å²) >= 11 is 0. The minimum Gasteiger partial charge on any atom is -0.480 e. The fourth-order valence-electron chi connectivity index (χ4n) is 2.23. The summed E-state index contributed by atoms with van der Waals surface area (Å²) in [5, 5.41) is 19.7. The van der Waals surface area contributed by atoms with Crippen LogP contribution in [0.25, 0.3) is 0 Å². The van der Waals surface area contributed by atoms with Gasteiger partial charge in [0.15, 0.2) is 0 Å². The quantitative estimate of drug-likeness (QED) is 0.629. The van der Waals surface area contributed by atoms with Gasteiger partial charge in [-0.15, -0.1) is 0 Å². The van der Waals surface area contributed by atoms with Crippen molar-refractivity contribution in [1.82, 2.24) is 14.5 Å². The second-order valence-corrected chi connectivity index (χ2v) is 5.24. The molecular formula is C11H16N4O5. The Balaban J connectivity index is 2.29. The lowest BCUT2D eigenvalue weighted by molar-refractivity contribution is -0.389. The van der Waals surface area contributed by atoms with E-state index < -0.39 is 16.4 Å². The second-order valence-electron chi connectivity index (χ2n) is 5.24. The summed E-state index contributed by atoms with van der Waals surface area (Å²) in [5.41, 5.74) is -0.481. The lowest BCUT2D eigenvalue weighted by Gasteiger charge is -2.38. The van der Waals surface area contributed by atoms with E-state index in [2.05, 4.69) is 4.98 Å². The Labute approximate surface area is 114 Å². The largest absolute Gasteiger partial charge is 0.480 e. The van der Waals surface area contributed by atoms with E-state index in [0.29, 0.717) is 13.1 Å². The Hall–Kier alpha value is -2.16. The van der Waals surface area contributed by atoms with Gasteiger partial charge in [-0.1, -0.05) is 0 Å². The number of hydrogen-bond acceptors (Lipinski definition) is 6. The van der Waals surface area contributed by atoms with Crippen molar-refractivity contribution in [2.24, 2.45) is 0 Å². The van der Waals surface area contributed by atoms with Crippen LogP contribution in [0.2, 0.25) is 0 Å². The molecule has 1 aliphatic heterocycles. The molecule has 20 heavy (non-hydrogen) atoms. The molecule has 1 aromatic rings. The highest BCUT2D eigenvalue weighted by Gasteiger charge is 2.34. The first-order valence-electron chi connectivity index (χ1n) is 6.11. The summed E-state index contributed by atoms with van der Waals surface area (Å²) in [6, 6.07) is 0.194. The topological polar surface area (TPSA) is 111 Å². The van der Waals surface area contributed by atoms with Crippen molar-refractivity contribution >= 4 is 11.8 Å². The van der Waals surface area contributed by atoms with E-state index in [1.54, 1.807) is 9.47 Å². The fraction of sp³-hybridized carbons (Fsp3) is 0.636. The van der Waals surface area contributed by atoms with Crippen LogP contribution < -0.4 is 4.74 Å². The molecule has 9 heteroatoms. The zero-order valence-corrected chi connectivity index (χ0v) is 11.3. The average molecular weight is 284 g/mol. The zero-order valence-electron chi connectivity index (χ0n) is 11.3. The number of hydrogen-bond donors (Lipinski definition) is 1. The van der Waals surface area contributed by atoms with Gasteiger partial charge < -0.3 is 20.0 Å². The van der Waals surface area contributed by atoms with Crippen LogP contribution in [0.3, 0.4) is 0 Å². The Bertz CT molecular complexity index is 539. The van der Waals surface area contributed by atoms with Crippen LogP contribution in [0.4, 0.5) is 5.82 Å². The molecular weight excluding hydrogens is 268 g/mol. The van der Waals surface area contributed by atoms with Crippen molar-refractivity contribution in [2.45, 2.75) is 25.9 Å². The molecule has 1 aliphatic rings. The molecule has 0 aliphatic carbocycles. The molecule has 2 heterocycles. The molecule has 0 aromatic carbocycles. The first-order valence-corrected chi connectivity index (χ1v) is 6.11. The normalized spacial score (nSPS) is 18.5. The second kappa shape index (κ2) is 5.08. The highest BCUT2D eigenvalue weighted by atomic mass is 16.6. The summed E-state index contributed by atoms with van der Waals surface area (Å²) < 4.78 is 6.92. The third kappa shape index (κ3) is 2.87. The van der Waals surface area contributed by atoms with Gasteiger partial charge in [-0.3, -0.25) is 14.3 Å². The minimum absolute atomic E-state index is 0.109. The van der Waals surface area contributed by atoms with Crippen LogP contribution in [-0.2, 0) is 11.3 Å². The summed E-state index contributed by atoms with van der Waals surface area (Å²) in [6.45, 7) is 4.66. The molecule has 0 spiro atoms. The van der Waals surface area contributed by atoms with Gasteiger partial charge in [-0.2, -0.15) is 0 Å². The zero-order chi connectivity index (χ0) is 14.9. The van der Waals surface area contributed by atoms with Crippen LogP contribution in [-0.4, -0.2) is 55.7 Å². The number of imidazole rings is 1. The number of nitro groups is 1. The molecule has 1 N–H and O–H groups in total. The van der Waals surface area contributed by atoms with Crippen molar-refractivity contribution in [1.29, 1.82) is 0 Å². The summed E-state index contributed by atoms with van der Waals surface area (Å²) in [4.78, 5) is 26.6. The SMILES string of the molecule is CC1(C)Cn2cc([N+](=O)[O-])nc2OCCN1CC(=O)O. The molecule has 110 valence electrons. The monoisotopic (exact) mass is 284 g/mol. The van der Waals surface area contributed by atoms with Gasteiger partial charge in [0.25, 0.3) is 0 Å². The number of carboxylic acid groups (broad SMARTS) is 1. The highest BCUT2D eigenvalue weighted by molar-refractivity contribution is 5.69. The molecule has 0 saturated carbocycles. The third-order valence-corrected chi connectivity index (χ3v) is 3.25. The van der Waals surface area contributed by atoms with Gasteiger partial charge >= 0.3 is 17.8 Å². The summed E-state index contributed by atoms with van der Waals surface area (Å²) in [5.74, 6) is -1.20. The van der Waals surface area contributed by atoms with Crippen LogP contribution in [0.1, 0.15) is 13.8 Å². The van der Waals surface area contributed by atoms with E-state index in [1.165, 1.54) is 6.20 Å². The first-order chi connectivity index (χ1) is 9.29. The van der Waals surface area contributed by atoms with E-state index in [-0.39, 0.29) is 25.0 Å². The molecule has 1 aromatic heterocycles. The van der Waals surface area contributed by atoms with Gasteiger partial charge in [0.05, 0.1) is 6.54 Å². The van der Waals surface area contributed by atoms with Crippen molar-refractivity contribution < 1.29 is 19.6 Å². The Morgan fingerprint density at radius 1 is 1.65 bits per heavy atom. The van der Waals surface area contributed by atoms with Crippen LogP contribution in [0.15, 0.2) is 6.20 Å². The van der Waals surface area contributed by atoms with E-state index in [9.17, 15) is 14.9 Å². The predicted molar refractivity (Wildman–Crippen MR) is 67.7 cm³/mol. The van der Waals surface area contributed by atoms with Crippen molar-refractivity contribution in [3.8, 4) is 6.01 Å². The number of carbonyl (C=O) groups is 1. The summed E-state index contributed by atoms with van der Waals surface area (Å²) in [7, 11) is 0. The number of rotatable bonds is 3. The maximum atomic E-state index is 10.9. The fourth-order valence-corrected chi connectivity index (χ4v) is 2.23. The van der Waals surface area contributed by atoms with E-state index in [0.717, 1.165) is 0 Å². The van der Waals surface area contributed by atoms with Crippen molar-refractivity contribution in [3.05, 3.63) is 16.3 Å².